The van der Waals surface area contributed by atoms with Gasteiger partial charge >= 0.3 is 0 Å². The summed E-state index contributed by atoms with van der Waals surface area (Å²) in [4.78, 5) is 47.3. The minimum absolute atomic E-state index is 0.0128. The van der Waals surface area contributed by atoms with E-state index in [-0.39, 0.29) is 63.7 Å². The fourth-order valence-corrected chi connectivity index (χ4v) is 11.9. The molecule has 6 aliphatic heterocycles. The lowest BCUT2D eigenvalue weighted by Crippen LogP contribution is -2.53. The van der Waals surface area contributed by atoms with Gasteiger partial charge < -0.3 is 31.6 Å². The molecule has 0 aliphatic carbocycles. The topological polar surface area (TPSA) is 187 Å². The molecule has 0 saturated carbocycles. The molecule has 17 heteroatoms. The van der Waals surface area contributed by atoms with Crippen LogP contribution in [-0.4, -0.2) is 107 Å². The Morgan fingerprint density at radius 2 is 1.18 bits per heavy atom. The van der Waals surface area contributed by atoms with Gasteiger partial charge in [-0.1, -0.05) is 30.3 Å². The number of carbonyl (C=O) groups excluding carboxylic acids is 2. The molecule has 4 saturated heterocycles. The lowest BCUT2D eigenvalue weighted by Gasteiger charge is -2.46. The molecular formula is C56H57F3N10O4. The van der Waals surface area contributed by atoms with Crippen molar-refractivity contribution < 1.29 is 32.2 Å². The second-order valence-electron chi connectivity index (χ2n) is 20.5. The molecule has 73 heavy (non-hydrogen) atoms. The van der Waals surface area contributed by atoms with Crippen molar-refractivity contribution in [3.05, 3.63) is 129 Å². The number of nitrogen functional groups attached to an aromatic ring is 2. The van der Waals surface area contributed by atoms with Crippen LogP contribution >= 0.6 is 0 Å². The molecule has 8 heterocycles. The first-order chi connectivity index (χ1) is 35.5. The summed E-state index contributed by atoms with van der Waals surface area (Å²) in [6.07, 6.45) is 5.87. The molecule has 2 atom stereocenters. The fourth-order valence-electron chi connectivity index (χ4n) is 11.9. The zero-order valence-corrected chi connectivity index (χ0v) is 40.5. The van der Waals surface area contributed by atoms with Gasteiger partial charge in [-0.3, -0.25) is 19.4 Å². The summed E-state index contributed by atoms with van der Waals surface area (Å²) in [5.41, 5.74) is 22.1. The number of rotatable bonds is 11. The van der Waals surface area contributed by atoms with E-state index in [1.807, 2.05) is 24.3 Å². The SMILES string of the molecule is Nc1nc(F)c(-c2ccc(C3CCOCC3)c(CN3CC(C4CC(c5ccc(-c6nc(-c7cc8c(cc7F)C(=O)NCC8)c(N)nc6F)cc5CN5CCC5)CCO4)C3)c2)nc1-c1ccc2c(c1)CCNC2=O. The van der Waals surface area contributed by atoms with Crippen LogP contribution in [0.1, 0.15) is 98.0 Å². The minimum Gasteiger partial charge on any atom is -0.382 e. The summed E-state index contributed by atoms with van der Waals surface area (Å²) in [5.74, 6) is -2.11. The number of nitrogens with one attached hydrogen (secondary N) is 2. The lowest BCUT2D eigenvalue weighted by molar-refractivity contribution is -0.0793. The van der Waals surface area contributed by atoms with Crippen molar-refractivity contribution in [2.75, 3.05) is 70.6 Å². The smallest absolute Gasteiger partial charge is 0.251 e. The van der Waals surface area contributed by atoms with Gasteiger partial charge in [0.05, 0.1) is 6.10 Å². The summed E-state index contributed by atoms with van der Waals surface area (Å²) in [6.45, 7) is 8.02. The van der Waals surface area contributed by atoms with Gasteiger partial charge in [0.2, 0.25) is 11.9 Å². The van der Waals surface area contributed by atoms with Gasteiger partial charge in [-0.05, 0) is 140 Å². The molecule has 376 valence electrons. The van der Waals surface area contributed by atoms with E-state index in [1.54, 1.807) is 18.2 Å². The highest BCUT2D eigenvalue weighted by atomic mass is 19.1. The number of ether oxygens (including phenoxy) is 2. The highest BCUT2D eigenvalue weighted by Gasteiger charge is 2.39. The number of fused-ring (bicyclic) bond motifs is 2. The highest BCUT2D eigenvalue weighted by molar-refractivity contribution is 5.98. The third-order valence-corrected chi connectivity index (χ3v) is 15.9. The Balaban J connectivity index is 0.778. The van der Waals surface area contributed by atoms with Gasteiger partial charge in [0.15, 0.2) is 11.6 Å². The standard InChI is InChI=1S/C56H57F3N10O4/c57-45-25-43-32(9-14-63-56(43)71)23-44(45)50-54(61)67-52(59)48(65-50)35-3-6-41(37(21-35)26-68-15-1-16-68)33-12-19-73-46(24-33)39-28-69(29-39)27-38-22-34(2-5-40(38)30-10-17-72-18-11-30)47-51(58)66-53(60)49(64-47)36-4-7-42-31(20-36)8-13-62-55(42)70/h2-7,20-23,25,30,33,39,46H,1,8-19,24,26-29H2,(H2,60,66)(H2,61,67)(H,62,70)(H,63,71). The van der Waals surface area contributed by atoms with Gasteiger partial charge in [0.1, 0.15) is 28.6 Å². The highest BCUT2D eigenvalue weighted by Crippen LogP contribution is 2.42. The van der Waals surface area contributed by atoms with Crippen LogP contribution in [0.4, 0.5) is 24.8 Å². The maximum Gasteiger partial charge on any atom is 0.251 e. The predicted octanol–water partition coefficient (Wildman–Crippen LogP) is 7.58. The number of likely N-dealkylation sites (tertiary alicyclic amines) is 2. The number of amides is 2. The summed E-state index contributed by atoms with van der Waals surface area (Å²) >= 11 is 0. The molecule has 4 fully saturated rings. The fraction of sp³-hybridized carbons (Fsp3) is 0.393. The monoisotopic (exact) mass is 990 g/mol. The Morgan fingerprint density at radius 3 is 1.85 bits per heavy atom. The number of halogens is 3. The van der Waals surface area contributed by atoms with E-state index in [0.717, 1.165) is 75.0 Å². The molecule has 0 spiro atoms. The molecule has 6 N–H and O–H groups in total. The van der Waals surface area contributed by atoms with Crippen molar-refractivity contribution in [3.63, 3.8) is 0 Å². The van der Waals surface area contributed by atoms with Gasteiger partial charge in [-0.15, -0.1) is 0 Å². The maximum atomic E-state index is 15.9. The van der Waals surface area contributed by atoms with E-state index in [0.29, 0.717) is 104 Å². The zero-order valence-electron chi connectivity index (χ0n) is 40.5. The molecule has 2 amide bonds. The number of hydrogen-bond donors (Lipinski definition) is 4. The van der Waals surface area contributed by atoms with Gasteiger partial charge in [0.25, 0.3) is 11.8 Å². The average molecular weight is 991 g/mol. The van der Waals surface area contributed by atoms with E-state index in [1.165, 1.54) is 17.2 Å². The van der Waals surface area contributed by atoms with Crippen LogP contribution in [0.15, 0.2) is 66.7 Å². The lowest BCUT2D eigenvalue weighted by atomic mass is 9.79. The second-order valence-corrected chi connectivity index (χ2v) is 20.5. The van der Waals surface area contributed by atoms with Crippen molar-refractivity contribution in [2.24, 2.45) is 5.92 Å². The van der Waals surface area contributed by atoms with Gasteiger partial charge in [-0.25, -0.2) is 14.4 Å². The number of nitrogens with two attached hydrogens (primary N) is 2. The van der Waals surface area contributed by atoms with Gasteiger partial charge in [-0.2, -0.15) is 18.7 Å². The summed E-state index contributed by atoms with van der Waals surface area (Å²) < 4.78 is 59.6. The largest absolute Gasteiger partial charge is 0.382 e. The van der Waals surface area contributed by atoms with Crippen LogP contribution in [0.25, 0.3) is 45.0 Å². The predicted molar refractivity (Wildman–Crippen MR) is 270 cm³/mol. The third-order valence-electron chi connectivity index (χ3n) is 15.9. The van der Waals surface area contributed by atoms with Crippen molar-refractivity contribution in [1.82, 2.24) is 40.4 Å². The molecule has 2 aromatic heterocycles. The molecule has 4 aromatic carbocycles. The number of hydrogen-bond acceptors (Lipinski definition) is 12. The van der Waals surface area contributed by atoms with Crippen molar-refractivity contribution in [3.8, 4) is 45.0 Å². The Hall–Kier alpha value is -6.79. The quantitative estimate of drug-likeness (QED) is 0.0999. The van der Waals surface area contributed by atoms with Crippen LogP contribution in [0.5, 0.6) is 0 Å². The number of carbonyl (C=O) groups is 2. The first-order valence-electron chi connectivity index (χ1n) is 25.6. The third kappa shape index (κ3) is 9.21. The van der Waals surface area contributed by atoms with Crippen molar-refractivity contribution >= 4 is 23.5 Å². The summed E-state index contributed by atoms with van der Waals surface area (Å²) in [7, 11) is 0. The van der Waals surface area contributed by atoms with E-state index in [2.05, 4.69) is 53.6 Å². The maximum absolute atomic E-state index is 15.9. The molecule has 14 nitrogen and oxygen atoms in total. The minimum atomic E-state index is -0.839. The van der Waals surface area contributed by atoms with Crippen LogP contribution in [0.3, 0.4) is 0 Å². The van der Waals surface area contributed by atoms with E-state index in [9.17, 15) is 9.59 Å². The molecule has 0 radical (unpaired) electrons. The number of benzene rings is 4. The zero-order chi connectivity index (χ0) is 49.9. The van der Waals surface area contributed by atoms with Crippen molar-refractivity contribution in [2.45, 2.75) is 76.0 Å². The van der Waals surface area contributed by atoms with Crippen LogP contribution < -0.4 is 22.1 Å². The van der Waals surface area contributed by atoms with E-state index in [4.69, 9.17) is 25.9 Å². The normalized spacial score (nSPS) is 20.6. The molecular weight excluding hydrogens is 934 g/mol. The van der Waals surface area contributed by atoms with E-state index >= 15 is 13.2 Å². The van der Waals surface area contributed by atoms with Crippen LogP contribution in [0.2, 0.25) is 0 Å². The van der Waals surface area contributed by atoms with Gasteiger partial charge in [0, 0.05) is 98.4 Å². The number of aromatic nitrogens is 4. The Bertz CT molecular complexity index is 3170. The van der Waals surface area contributed by atoms with Crippen LogP contribution in [-0.2, 0) is 35.4 Å². The molecule has 6 aromatic rings. The summed E-state index contributed by atoms with van der Waals surface area (Å²) in [6, 6.07) is 20.3. The Morgan fingerprint density at radius 1 is 0.603 bits per heavy atom. The molecule has 12 rings (SSSR count). The molecule has 0 bridgehead atoms. The van der Waals surface area contributed by atoms with Crippen molar-refractivity contribution in [1.29, 1.82) is 0 Å². The second kappa shape index (κ2) is 19.6. The number of nitrogens with zero attached hydrogens (tertiary/aromatic N) is 6. The average Bonchev–Trinajstić information content (AvgIpc) is 3.36. The Kier molecular flexibility index (Phi) is 12.7. The summed E-state index contributed by atoms with van der Waals surface area (Å²) in [5, 5.41) is 5.61. The molecule has 6 aliphatic rings. The Labute approximate surface area is 421 Å². The first kappa shape index (κ1) is 47.2. The number of anilines is 2. The first-order valence-corrected chi connectivity index (χ1v) is 25.6. The van der Waals surface area contributed by atoms with Crippen LogP contribution in [0, 0.1) is 23.6 Å². The molecule has 2 unspecified atom stereocenters. The van der Waals surface area contributed by atoms with E-state index < -0.39 is 17.7 Å².